The number of rotatable bonds is 2. The molecule has 2 aliphatic rings. The molecule has 0 saturated carbocycles. The number of H-pyrrole nitrogens is 1. The summed E-state index contributed by atoms with van der Waals surface area (Å²) in [4.78, 5) is 41.6. The Morgan fingerprint density at radius 1 is 1.30 bits per heavy atom. The van der Waals surface area contributed by atoms with Gasteiger partial charge in [0.15, 0.2) is 0 Å². The fourth-order valence-corrected chi connectivity index (χ4v) is 3.78. The molecule has 138 valence electrons. The van der Waals surface area contributed by atoms with Crippen LogP contribution in [0.25, 0.3) is 0 Å². The maximum Gasteiger partial charge on any atom is 0.341 e. The Kier molecular flexibility index (Phi) is 3.59. The van der Waals surface area contributed by atoms with Gasteiger partial charge in [-0.15, -0.1) is 0 Å². The van der Waals surface area contributed by atoms with E-state index in [1.54, 1.807) is 44.2 Å². The molecule has 4 rings (SSSR count). The van der Waals surface area contributed by atoms with Crippen LogP contribution in [0.5, 0.6) is 5.75 Å². The number of amides is 1. The number of esters is 1. The van der Waals surface area contributed by atoms with Gasteiger partial charge in [-0.25, -0.2) is 4.79 Å². The topological polar surface area (TPSA) is 124 Å². The molecular formula is C19H17N3O5. The molecule has 8 nitrogen and oxygen atoms in total. The summed E-state index contributed by atoms with van der Waals surface area (Å²) >= 11 is 0. The number of hydrogen-bond donors (Lipinski definition) is 3. The first-order chi connectivity index (χ1) is 12.9. The summed E-state index contributed by atoms with van der Waals surface area (Å²) in [5.41, 5.74) is 5.06. The van der Waals surface area contributed by atoms with Crippen LogP contribution in [0.1, 0.15) is 23.7 Å². The Hall–Kier alpha value is -3.55. The second-order valence-corrected chi connectivity index (χ2v) is 6.33. The molecular weight excluding hydrogens is 350 g/mol. The molecule has 0 bridgehead atoms. The molecule has 1 atom stereocenters. The zero-order chi connectivity index (χ0) is 19.3. The Labute approximate surface area is 154 Å². The lowest BCUT2D eigenvalue weighted by atomic mass is 9.68. The number of ether oxygens (including phenoxy) is 2. The van der Waals surface area contributed by atoms with Crippen LogP contribution in [0.4, 0.5) is 5.69 Å². The summed E-state index contributed by atoms with van der Waals surface area (Å²) in [6, 6.07) is 8.40. The standard InChI is InChI=1S/C19H17N3O5/c1-3-26-17(24)14-15(20)27-12-8-9(2)21-16(23)13(12)19(14)10-6-4-5-7-11(10)22-18(19)25/h4-8H,3,20H2,1-2H3,(H,21,23)(H,22,25)/t19-/m0/s1. The zero-order valence-corrected chi connectivity index (χ0v) is 14.7. The molecule has 0 aliphatic carbocycles. The SMILES string of the molecule is CCOC(=O)C1=C(N)Oc2cc(C)[nH]c(=O)c2[C@]12C(=O)Nc1ccccc12. The number of carbonyl (C=O) groups is 2. The van der Waals surface area contributed by atoms with Crippen LogP contribution >= 0.6 is 0 Å². The van der Waals surface area contributed by atoms with E-state index in [9.17, 15) is 14.4 Å². The largest absolute Gasteiger partial charge is 0.462 e. The number of nitrogens with two attached hydrogens (primary N) is 1. The van der Waals surface area contributed by atoms with E-state index in [0.717, 1.165) is 0 Å². The molecule has 4 N–H and O–H groups in total. The number of fused-ring (bicyclic) bond motifs is 4. The van der Waals surface area contributed by atoms with Gasteiger partial charge in [0, 0.05) is 23.0 Å². The predicted molar refractivity (Wildman–Crippen MR) is 96.1 cm³/mol. The fraction of sp³-hybridized carbons (Fsp3) is 0.211. The first-order valence-corrected chi connectivity index (χ1v) is 8.41. The normalized spacial score (nSPS) is 20.0. The van der Waals surface area contributed by atoms with Gasteiger partial charge in [-0.1, -0.05) is 18.2 Å². The highest BCUT2D eigenvalue weighted by Gasteiger charge is 2.60. The average molecular weight is 367 g/mol. The first kappa shape index (κ1) is 16.9. The number of hydrogen-bond acceptors (Lipinski definition) is 6. The van der Waals surface area contributed by atoms with Gasteiger partial charge >= 0.3 is 5.97 Å². The summed E-state index contributed by atoms with van der Waals surface area (Å²) in [5.74, 6) is -1.51. The number of nitrogens with one attached hydrogen (secondary N) is 2. The third-order valence-corrected chi connectivity index (χ3v) is 4.75. The van der Waals surface area contributed by atoms with Crippen LogP contribution in [0, 0.1) is 6.92 Å². The lowest BCUT2D eigenvalue weighted by Gasteiger charge is -2.34. The van der Waals surface area contributed by atoms with E-state index in [0.29, 0.717) is 16.9 Å². The molecule has 8 heteroatoms. The van der Waals surface area contributed by atoms with Crippen LogP contribution in [0.2, 0.25) is 0 Å². The Morgan fingerprint density at radius 2 is 2.04 bits per heavy atom. The zero-order valence-electron chi connectivity index (χ0n) is 14.7. The van der Waals surface area contributed by atoms with Crippen molar-refractivity contribution in [2.24, 2.45) is 5.73 Å². The molecule has 0 fully saturated rings. The van der Waals surface area contributed by atoms with E-state index in [1.165, 1.54) is 0 Å². The number of carbonyl (C=O) groups excluding carboxylic acids is 2. The summed E-state index contributed by atoms with van der Waals surface area (Å²) < 4.78 is 10.7. The van der Waals surface area contributed by atoms with Crippen molar-refractivity contribution in [1.82, 2.24) is 4.98 Å². The Balaban J connectivity index is 2.15. The summed E-state index contributed by atoms with van der Waals surface area (Å²) in [6.07, 6.45) is 0. The minimum absolute atomic E-state index is 0.00723. The maximum absolute atomic E-state index is 13.3. The molecule has 1 aromatic carbocycles. The quantitative estimate of drug-likeness (QED) is 0.682. The molecule has 2 aliphatic heterocycles. The van der Waals surface area contributed by atoms with Gasteiger partial charge in [-0.05, 0) is 19.9 Å². The van der Waals surface area contributed by atoms with Gasteiger partial charge in [0.05, 0.1) is 12.2 Å². The molecule has 2 aromatic rings. The second-order valence-electron chi connectivity index (χ2n) is 6.33. The number of para-hydroxylation sites is 1. The van der Waals surface area contributed by atoms with E-state index in [2.05, 4.69) is 10.3 Å². The van der Waals surface area contributed by atoms with E-state index < -0.39 is 22.9 Å². The van der Waals surface area contributed by atoms with Crippen LogP contribution in [0.15, 0.2) is 46.6 Å². The minimum Gasteiger partial charge on any atom is -0.462 e. The minimum atomic E-state index is -1.75. The van der Waals surface area contributed by atoms with Crippen molar-refractivity contribution in [1.29, 1.82) is 0 Å². The van der Waals surface area contributed by atoms with Crippen LogP contribution < -0.4 is 21.3 Å². The predicted octanol–water partition coefficient (Wildman–Crippen LogP) is 1.05. The number of anilines is 1. The van der Waals surface area contributed by atoms with E-state index in [-0.39, 0.29) is 29.4 Å². The van der Waals surface area contributed by atoms with Crippen LogP contribution in [-0.4, -0.2) is 23.5 Å². The number of pyridine rings is 1. The highest BCUT2D eigenvalue weighted by Crippen LogP contribution is 2.52. The number of aryl methyl sites for hydroxylation is 1. The monoisotopic (exact) mass is 367 g/mol. The van der Waals surface area contributed by atoms with Gasteiger partial charge in [0.1, 0.15) is 16.7 Å². The van der Waals surface area contributed by atoms with Crippen molar-refractivity contribution in [3.05, 3.63) is 69.0 Å². The smallest absolute Gasteiger partial charge is 0.341 e. The van der Waals surface area contributed by atoms with Crippen LogP contribution in [-0.2, 0) is 19.7 Å². The van der Waals surface area contributed by atoms with Gasteiger partial charge in [-0.2, -0.15) is 0 Å². The molecule has 1 amide bonds. The van der Waals surface area contributed by atoms with Crippen molar-refractivity contribution in [2.75, 3.05) is 11.9 Å². The molecule has 1 aromatic heterocycles. The number of benzene rings is 1. The number of aromatic amines is 1. The third-order valence-electron chi connectivity index (χ3n) is 4.75. The maximum atomic E-state index is 13.3. The van der Waals surface area contributed by atoms with E-state index >= 15 is 0 Å². The summed E-state index contributed by atoms with van der Waals surface area (Å²) in [5, 5.41) is 2.74. The van der Waals surface area contributed by atoms with Crippen molar-refractivity contribution in [2.45, 2.75) is 19.3 Å². The van der Waals surface area contributed by atoms with E-state index in [1.807, 2.05) is 0 Å². The Morgan fingerprint density at radius 3 is 2.78 bits per heavy atom. The molecule has 0 saturated heterocycles. The summed E-state index contributed by atoms with van der Waals surface area (Å²) in [7, 11) is 0. The van der Waals surface area contributed by atoms with Gasteiger partial charge in [0.25, 0.3) is 5.56 Å². The van der Waals surface area contributed by atoms with Crippen LogP contribution in [0.3, 0.4) is 0 Å². The molecule has 0 unspecified atom stereocenters. The summed E-state index contributed by atoms with van der Waals surface area (Å²) in [6.45, 7) is 3.39. The first-order valence-electron chi connectivity index (χ1n) is 8.41. The fourth-order valence-electron chi connectivity index (χ4n) is 3.78. The molecule has 27 heavy (non-hydrogen) atoms. The third kappa shape index (κ3) is 2.13. The van der Waals surface area contributed by atoms with Crippen molar-refractivity contribution in [3.63, 3.8) is 0 Å². The van der Waals surface area contributed by atoms with Gasteiger partial charge < -0.3 is 25.5 Å². The second kappa shape index (κ2) is 5.73. The van der Waals surface area contributed by atoms with Gasteiger partial charge in [0.2, 0.25) is 11.8 Å². The van der Waals surface area contributed by atoms with Crippen molar-refractivity contribution < 1.29 is 19.1 Å². The van der Waals surface area contributed by atoms with E-state index in [4.69, 9.17) is 15.2 Å². The number of aromatic nitrogens is 1. The van der Waals surface area contributed by atoms with Crippen molar-refractivity contribution >= 4 is 17.6 Å². The lowest BCUT2D eigenvalue weighted by molar-refractivity contribution is -0.140. The lowest BCUT2D eigenvalue weighted by Crippen LogP contribution is -2.49. The average Bonchev–Trinajstić information content (AvgIpc) is 2.87. The molecule has 1 spiro atoms. The highest BCUT2D eigenvalue weighted by molar-refractivity contribution is 6.17. The van der Waals surface area contributed by atoms with Crippen molar-refractivity contribution in [3.8, 4) is 5.75 Å². The highest BCUT2D eigenvalue weighted by atomic mass is 16.5. The molecule has 3 heterocycles. The Bertz CT molecular complexity index is 1080. The molecule has 0 radical (unpaired) electrons. The van der Waals surface area contributed by atoms with Gasteiger partial charge in [-0.3, -0.25) is 9.59 Å².